The molecule has 108 valence electrons. The zero-order chi connectivity index (χ0) is 14.4. The van der Waals surface area contributed by atoms with Crippen LogP contribution in [0.15, 0.2) is 36.5 Å². The second-order valence-corrected chi connectivity index (χ2v) is 4.74. The van der Waals surface area contributed by atoms with E-state index in [1.807, 2.05) is 36.0 Å². The van der Waals surface area contributed by atoms with Gasteiger partial charge in [-0.2, -0.15) is 5.10 Å². The lowest BCUT2D eigenvalue weighted by Crippen LogP contribution is -2.26. The highest BCUT2D eigenvalue weighted by molar-refractivity contribution is 5.36. The summed E-state index contributed by atoms with van der Waals surface area (Å²) in [4.78, 5) is 0. The Hall–Kier alpha value is -1.81. The topological polar surface area (TPSA) is 39.1 Å². The first-order chi connectivity index (χ1) is 9.76. The molecule has 2 rings (SSSR count). The van der Waals surface area contributed by atoms with Gasteiger partial charge < -0.3 is 10.1 Å². The van der Waals surface area contributed by atoms with Crippen LogP contribution in [0.3, 0.4) is 0 Å². The maximum absolute atomic E-state index is 5.74. The molecule has 0 amide bonds. The van der Waals surface area contributed by atoms with Crippen LogP contribution in [0.4, 0.5) is 0 Å². The molecule has 20 heavy (non-hydrogen) atoms. The second kappa shape index (κ2) is 7.10. The molecule has 1 aromatic carbocycles. The van der Waals surface area contributed by atoms with Crippen molar-refractivity contribution >= 4 is 0 Å². The number of likely N-dealkylation sites (N-methyl/N-ethyl adjacent to an activating group) is 1. The molecule has 0 saturated carbocycles. The standard InChI is InChI=1S/C16H23N3O/c1-4-17-15(12-19-13(3)10-11-18-19)14-8-6-7-9-16(14)20-5-2/h6-11,15,17H,4-5,12H2,1-3H3. The number of rotatable bonds is 7. The fourth-order valence-corrected chi connectivity index (χ4v) is 2.34. The number of ether oxygens (including phenoxy) is 1. The third-order valence-corrected chi connectivity index (χ3v) is 3.33. The molecule has 0 spiro atoms. The number of nitrogens with one attached hydrogen (secondary N) is 1. The summed E-state index contributed by atoms with van der Waals surface area (Å²) in [5, 5.41) is 7.90. The number of hydrogen-bond donors (Lipinski definition) is 1. The first-order valence-electron chi connectivity index (χ1n) is 7.19. The molecule has 0 saturated heterocycles. The van der Waals surface area contributed by atoms with Crippen LogP contribution in [0.1, 0.15) is 31.1 Å². The zero-order valence-electron chi connectivity index (χ0n) is 12.5. The molecule has 1 aromatic heterocycles. The SMILES string of the molecule is CCNC(Cn1nccc1C)c1ccccc1OCC. The molecule has 1 unspecified atom stereocenters. The first-order valence-corrected chi connectivity index (χ1v) is 7.19. The van der Waals surface area contributed by atoms with Crippen LogP contribution in [0.25, 0.3) is 0 Å². The molecule has 0 aliphatic heterocycles. The summed E-state index contributed by atoms with van der Waals surface area (Å²) in [6, 6.07) is 10.4. The quantitative estimate of drug-likeness (QED) is 0.843. The molecule has 1 heterocycles. The fraction of sp³-hybridized carbons (Fsp3) is 0.438. The summed E-state index contributed by atoms with van der Waals surface area (Å²) in [5.74, 6) is 0.950. The summed E-state index contributed by atoms with van der Waals surface area (Å²) in [6.45, 7) is 8.59. The van der Waals surface area contributed by atoms with Gasteiger partial charge in [0.15, 0.2) is 0 Å². The lowest BCUT2D eigenvalue weighted by Gasteiger charge is -2.22. The van der Waals surface area contributed by atoms with Gasteiger partial charge in [0.1, 0.15) is 5.75 Å². The smallest absolute Gasteiger partial charge is 0.124 e. The number of para-hydroxylation sites is 1. The molecule has 0 fully saturated rings. The summed E-state index contributed by atoms with van der Waals surface area (Å²) in [6.07, 6.45) is 1.84. The van der Waals surface area contributed by atoms with Crippen molar-refractivity contribution in [2.24, 2.45) is 0 Å². The van der Waals surface area contributed by atoms with E-state index in [2.05, 4.69) is 36.4 Å². The highest BCUT2D eigenvalue weighted by Crippen LogP contribution is 2.26. The van der Waals surface area contributed by atoms with Crippen molar-refractivity contribution < 1.29 is 4.74 Å². The van der Waals surface area contributed by atoms with E-state index in [1.165, 1.54) is 11.3 Å². The average molecular weight is 273 g/mol. The highest BCUT2D eigenvalue weighted by Gasteiger charge is 2.16. The van der Waals surface area contributed by atoms with Crippen LogP contribution in [0, 0.1) is 6.92 Å². The van der Waals surface area contributed by atoms with Crippen LogP contribution >= 0.6 is 0 Å². The third-order valence-electron chi connectivity index (χ3n) is 3.33. The maximum Gasteiger partial charge on any atom is 0.124 e. The van der Waals surface area contributed by atoms with Gasteiger partial charge in [-0.3, -0.25) is 4.68 Å². The van der Waals surface area contributed by atoms with E-state index in [0.29, 0.717) is 6.61 Å². The molecule has 1 N–H and O–H groups in total. The van der Waals surface area contributed by atoms with Gasteiger partial charge in [0, 0.05) is 17.5 Å². The zero-order valence-corrected chi connectivity index (χ0v) is 12.5. The summed E-state index contributed by atoms with van der Waals surface area (Å²) in [7, 11) is 0. The summed E-state index contributed by atoms with van der Waals surface area (Å²) in [5.41, 5.74) is 2.35. The van der Waals surface area contributed by atoms with Gasteiger partial charge in [-0.05, 0) is 32.5 Å². The molecule has 4 heteroatoms. The largest absolute Gasteiger partial charge is 0.494 e. The van der Waals surface area contributed by atoms with Crippen molar-refractivity contribution in [2.75, 3.05) is 13.2 Å². The summed E-state index contributed by atoms with van der Waals surface area (Å²) >= 11 is 0. The lowest BCUT2D eigenvalue weighted by atomic mass is 10.1. The van der Waals surface area contributed by atoms with Gasteiger partial charge in [-0.15, -0.1) is 0 Å². The van der Waals surface area contributed by atoms with E-state index in [-0.39, 0.29) is 6.04 Å². The van der Waals surface area contributed by atoms with E-state index in [9.17, 15) is 0 Å². The van der Waals surface area contributed by atoms with Crippen LogP contribution in [0.2, 0.25) is 0 Å². The first kappa shape index (κ1) is 14.6. The Kier molecular flexibility index (Phi) is 5.18. The molecule has 0 radical (unpaired) electrons. The van der Waals surface area contributed by atoms with Crippen molar-refractivity contribution in [2.45, 2.75) is 33.4 Å². The molecule has 1 atom stereocenters. The Morgan fingerprint density at radius 2 is 2.05 bits per heavy atom. The Morgan fingerprint density at radius 1 is 1.25 bits per heavy atom. The number of benzene rings is 1. The highest BCUT2D eigenvalue weighted by atomic mass is 16.5. The Bertz CT molecular complexity index is 536. The number of aryl methyl sites for hydroxylation is 1. The van der Waals surface area contributed by atoms with E-state index < -0.39 is 0 Å². The predicted octanol–water partition coefficient (Wildman–Crippen LogP) is 2.94. The molecular formula is C16H23N3O. The minimum absolute atomic E-state index is 0.196. The molecule has 4 nitrogen and oxygen atoms in total. The van der Waals surface area contributed by atoms with Crippen molar-refractivity contribution in [3.8, 4) is 5.75 Å². The van der Waals surface area contributed by atoms with Crippen molar-refractivity contribution in [1.29, 1.82) is 0 Å². The lowest BCUT2D eigenvalue weighted by molar-refractivity contribution is 0.327. The van der Waals surface area contributed by atoms with Crippen LogP contribution < -0.4 is 10.1 Å². The number of nitrogens with zero attached hydrogens (tertiary/aromatic N) is 2. The normalized spacial score (nSPS) is 12.3. The molecular weight excluding hydrogens is 250 g/mol. The Balaban J connectivity index is 2.26. The molecule has 0 bridgehead atoms. The van der Waals surface area contributed by atoms with E-state index in [0.717, 1.165) is 18.8 Å². The van der Waals surface area contributed by atoms with Crippen molar-refractivity contribution in [1.82, 2.24) is 15.1 Å². The monoisotopic (exact) mass is 273 g/mol. The maximum atomic E-state index is 5.74. The van der Waals surface area contributed by atoms with Gasteiger partial charge in [0.05, 0.1) is 19.2 Å². The van der Waals surface area contributed by atoms with Crippen LogP contribution in [-0.2, 0) is 6.54 Å². The number of hydrogen-bond acceptors (Lipinski definition) is 3. The predicted molar refractivity (Wildman–Crippen MR) is 81.0 cm³/mol. The van der Waals surface area contributed by atoms with Gasteiger partial charge in [-0.1, -0.05) is 25.1 Å². The van der Waals surface area contributed by atoms with Gasteiger partial charge in [0.25, 0.3) is 0 Å². The summed E-state index contributed by atoms with van der Waals surface area (Å²) < 4.78 is 7.77. The van der Waals surface area contributed by atoms with Crippen molar-refractivity contribution in [3.63, 3.8) is 0 Å². The van der Waals surface area contributed by atoms with Gasteiger partial charge >= 0.3 is 0 Å². The fourth-order valence-electron chi connectivity index (χ4n) is 2.34. The van der Waals surface area contributed by atoms with Crippen LogP contribution in [-0.4, -0.2) is 22.9 Å². The second-order valence-electron chi connectivity index (χ2n) is 4.74. The van der Waals surface area contributed by atoms with E-state index in [4.69, 9.17) is 4.74 Å². The van der Waals surface area contributed by atoms with Crippen molar-refractivity contribution in [3.05, 3.63) is 47.8 Å². The minimum atomic E-state index is 0.196. The Morgan fingerprint density at radius 3 is 2.70 bits per heavy atom. The Labute approximate surface area is 120 Å². The van der Waals surface area contributed by atoms with E-state index >= 15 is 0 Å². The van der Waals surface area contributed by atoms with Gasteiger partial charge in [0.2, 0.25) is 0 Å². The molecule has 0 aliphatic rings. The third kappa shape index (κ3) is 3.39. The molecule has 0 aliphatic carbocycles. The van der Waals surface area contributed by atoms with Crippen LogP contribution in [0.5, 0.6) is 5.75 Å². The number of aromatic nitrogens is 2. The minimum Gasteiger partial charge on any atom is -0.494 e. The van der Waals surface area contributed by atoms with E-state index in [1.54, 1.807) is 0 Å². The molecule has 2 aromatic rings. The van der Waals surface area contributed by atoms with Gasteiger partial charge in [-0.25, -0.2) is 0 Å². The average Bonchev–Trinajstić information content (AvgIpc) is 2.85.